The van der Waals surface area contributed by atoms with E-state index >= 15 is 0 Å². The topological polar surface area (TPSA) is 23.5 Å². The SMILES string of the molecule is Cc1c(F)cc(F)c2c1C(O)(C1CCN(C)CC1)C(C)(C)C2. The lowest BCUT2D eigenvalue weighted by Crippen LogP contribution is -2.49. The van der Waals surface area contributed by atoms with Crippen LogP contribution in [0.5, 0.6) is 0 Å². The maximum atomic E-state index is 14.3. The van der Waals surface area contributed by atoms with Gasteiger partial charge in [-0.05, 0) is 68.9 Å². The molecule has 1 atom stereocenters. The summed E-state index contributed by atoms with van der Waals surface area (Å²) in [7, 11) is 2.07. The summed E-state index contributed by atoms with van der Waals surface area (Å²) < 4.78 is 28.4. The van der Waals surface area contributed by atoms with Crippen LogP contribution in [0, 0.1) is 29.9 Å². The molecule has 1 N–H and O–H groups in total. The zero-order chi connectivity index (χ0) is 16.3. The first kappa shape index (κ1) is 15.9. The molecule has 1 unspecified atom stereocenters. The zero-order valence-electron chi connectivity index (χ0n) is 13.8. The van der Waals surface area contributed by atoms with Crippen molar-refractivity contribution in [3.63, 3.8) is 0 Å². The van der Waals surface area contributed by atoms with Crippen molar-refractivity contribution in [2.24, 2.45) is 11.3 Å². The van der Waals surface area contributed by atoms with Crippen LogP contribution < -0.4 is 0 Å². The molecule has 0 spiro atoms. The highest BCUT2D eigenvalue weighted by molar-refractivity contribution is 5.47. The molecule has 1 saturated heterocycles. The smallest absolute Gasteiger partial charge is 0.129 e. The lowest BCUT2D eigenvalue weighted by Gasteiger charge is -2.47. The number of hydrogen-bond donors (Lipinski definition) is 1. The Kier molecular flexibility index (Phi) is 3.61. The first-order valence-electron chi connectivity index (χ1n) is 8.07. The molecule has 2 nitrogen and oxygen atoms in total. The first-order chi connectivity index (χ1) is 10.2. The highest BCUT2D eigenvalue weighted by Crippen LogP contribution is 2.57. The minimum atomic E-state index is -1.16. The number of rotatable bonds is 1. The van der Waals surface area contributed by atoms with Crippen molar-refractivity contribution in [2.45, 2.75) is 45.6 Å². The lowest BCUT2D eigenvalue weighted by atomic mass is 9.65. The van der Waals surface area contributed by atoms with E-state index in [4.69, 9.17) is 0 Å². The fourth-order valence-corrected chi connectivity index (χ4v) is 4.56. The molecule has 0 aromatic heterocycles. The van der Waals surface area contributed by atoms with Crippen LogP contribution in [0.2, 0.25) is 0 Å². The largest absolute Gasteiger partial charge is 0.384 e. The third kappa shape index (κ3) is 2.04. The number of fused-ring (bicyclic) bond motifs is 1. The second-order valence-electron chi connectivity index (χ2n) is 7.72. The molecule has 1 heterocycles. The van der Waals surface area contributed by atoms with E-state index in [1.807, 2.05) is 13.8 Å². The molecular formula is C18H25F2NO. The molecule has 1 aliphatic carbocycles. The van der Waals surface area contributed by atoms with Crippen molar-refractivity contribution in [3.8, 4) is 0 Å². The van der Waals surface area contributed by atoms with Crippen molar-refractivity contribution in [2.75, 3.05) is 20.1 Å². The Labute approximate surface area is 131 Å². The van der Waals surface area contributed by atoms with E-state index in [1.54, 1.807) is 6.92 Å². The van der Waals surface area contributed by atoms with Gasteiger partial charge in [-0.1, -0.05) is 13.8 Å². The minimum absolute atomic E-state index is 0.0415. The Bertz CT molecular complexity index is 606. The predicted octanol–water partition coefficient (Wildman–Crippen LogP) is 3.38. The lowest BCUT2D eigenvalue weighted by molar-refractivity contribution is -0.122. The Morgan fingerprint density at radius 2 is 1.77 bits per heavy atom. The van der Waals surface area contributed by atoms with Gasteiger partial charge in [-0.15, -0.1) is 0 Å². The molecule has 1 aromatic carbocycles. The van der Waals surface area contributed by atoms with Gasteiger partial charge in [-0.2, -0.15) is 0 Å². The number of piperidine rings is 1. The van der Waals surface area contributed by atoms with Crippen LogP contribution in [-0.2, 0) is 12.0 Å². The molecule has 0 saturated carbocycles. The van der Waals surface area contributed by atoms with Crippen LogP contribution in [-0.4, -0.2) is 30.1 Å². The molecule has 4 heteroatoms. The Balaban J connectivity index is 2.16. The standard InChI is InChI=1S/C18H25F2NO/c1-11-14(19)9-15(20)13-10-17(2,3)18(22,16(11)13)12-5-7-21(4)8-6-12/h9,12,22H,5-8,10H2,1-4H3. The highest BCUT2D eigenvalue weighted by Gasteiger charge is 2.57. The Morgan fingerprint density at radius 1 is 1.18 bits per heavy atom. The maximum Gasteiger partial charge on any atom is 0.129 e. The third-order valence-corrected chi connectivity index (χ3v) is 5.92. The van der Waals surface area contributed by atoms with Gasteiger partial charge in [0, 0.05) is 11.5 Å². The van der Waals surface area contributed by atoms with Crippen LogP contribution in [0.4, 0.5) is 8.78 Å². The van der Waals surface area contributed by atoms with Gasteiger partial charge in [0.1, 0.15) is 11.6 Å². The molecular weight excluding hydrogens is 284 g/mol. The molecule has 122 valence electrons. The van der Waals surface area contributed by atoms with E-state index in [9.17, 15) is 13.9 Å². The maximum absolute atomic E-state index is 14.3. The fourth-order valence-electron chi connectivity index (χ4n) is 4.56. The molecule has 0 radical (unpaired) electrons. The third-order valence-electron chi connectivity index (χ3n) is 5.92. The quantitative estimate of drug-likeness (QED) is 0.859. The number of hydrogen-bond acceptors (Lipinski definition) is 2. The monoisotopic (exact) mass is 309 g/mol. The average molecular weight is 309 g/mol. The van der Waals surface area contributed by atoms with E-state index in [0.29, 0.717) is 23.1 Å². The summed E-state index contributed by atoms with van der Waals surface area (Å²) in [5.41, 5.74) is -0.218. The van der Waals surface area contributed by atoms with Crippen molar-refractivity contribution < 1.29 is 13.9 Å². The average Bonchev–Trinajstić information content (AvgIpc) is 2.66. The van der Waals surface area contributed by atoms with E-state index in [2.05, 4.69) is 11.9 Å². The Hall–Kier alpha value is -1.00. The number of nitrogens with zero attached hydrogens (tertiary/aromatic N) is 1. The van der Waals surface area contributed by atoms with Gasteiger partial charge in [0.15, 0.2) is 0 Å². The van der Waals surface area contributed by atoms with E-state index in [0.717, 1.165) is 32.0 Å². The summed E-state index contributed by atoms with van der Waals surface area (Å²) in [6.07, 6.45) is 2.17. The van der Waals surface area contributed by atoms with Crippen LogP contribution in [0.1, 0.15) is 43.4 Å². The van der Waals surface area contributed by atoms with Gasteiger partial charge >= 0.3 is 0 Å². The van der Waals surface area contributed by atoms with Crippen LogP contribution in [0.25, 0.3) is 0 Å². The molecule has 1 aromatic rings. The number of benzene rings is 1. The molecule has 0 amide bonds. The van der Waals surface area contributed by atoms with Crippen molar-refractivity contribution in [3.05, 3.63) is 34.4 Å². The number of halogens is 2. The molecule has 1 aliphatic heterocycles. The molecule has 3 rings (SSSR count). The van der Waals surface area contributed by atoms with Crippen molar-refractivity contribution in [1.82, 2.24) is 4.90 Å². The van der Waals surface area contributed by atoms with Gasteiger partial charge in [-0.3, -0.25) is 0 Å². The molecule has 22 heavy (non-hydrogen) atoms. The van der Waals surface area contributed by atoms with E-state index < -0.39 is 22.7 Å². The van der Waals surface area contributed by atoms with Crippen LogP contribution in [0.3, 0.4) is 0 Å². The molecule has 1 fully saturated rings. The van der Waals surface area contributed by atoms with E-state index in [1.165, 1.54) is 0 Å². The fraction of sp³-hybridized carbons (Fsp3) is 0.667. The van der Waals surface area contributed by atoms with Gasteiger partial charge in [0.25, 0.3) is 0 Å². The summed E-state index contributed by atoms with van der Waals surface area (Å²) in [4.78, 5) is 2.24. The van der Waals surface area contributed by atoms with Gasteiger partial charge < -0.3 is 10.0 Å². The summed E-state index contributed by atoms with van der Waals surface area (Å²) in [6, 6.07) is 0.963. The minimum Gasteiger partial charge on any atom is -0.384 e. The molecule has 2 aliphatic rings. The Morgan fingerprint density at radius 3 is 2.36 bits per heavy atom. The first-order valence-corrected chi connectivity index (χ1v) is 8.07. The summed E-state index contributed by atoms with van der Waals surface area (Å²) in [5.74, 6) is -1.03. The van der Waals surface area contributed by atoms with Gasteiger partial charge in [0.2, 0.25) is 0 Å². The summed E-state index contributed by atoms with van der Waals surface area (Å²) in [5, 5.41) is 11.7. The summed E-state index contributed by atoms with van der Waals surface area (Å²) in [6.45, 7) is 7.43. The normalized spacial score (nSPS) is 28.9. The second kappa shape index (κ2) is 5.00. The van der Waals surface area contributed by atoms with Gasteiger partial charge in [-0.25, -0.2) is 8.78 Å². The predicted molar refractivity (Wildman–Crippen MR) is 82.7 cm³/mol. The second-order valence-corrected chi connectivity index (χ2v) is 7.72. The van der Waals surface area contributed by atoms with Crippen LogP contribution in [0.15, 0.2) is 6.07 Å². The number of aliphatic hydroxyl groups is 1. The van der Waals surface area contributed by atoms with Crippen LogP contribution >= 0.6 is 0 Å². The number of likely N-dealkylation sites (tertiary alicyclic amines) is 1. The zero-order valence-corrected chi connectivity index (χ0v) is 13.8. The van der Waals surface area contributed by atoms with Crippen molar-refractivity contribution in [1.29, 1.82) is 0 Å². The van der Waals surface area contributed by atoms with E-state index in [-0.39, 0.29) is 5.92 Å². The molecule has 0 bridgehead atoms. The van der Waals surface area contributed by atoms with Crippen molar-refractivity contribution >= 4 is 0 Å². The highest BCUT2D eigenvalue weighted by atomic mass is 19.1. The summed E-state index contributed by atoms with van der Waals surface area (Å²) >= 11 is 0. The van der Waals surface area contributed by atoms with Gasteiger partial charge in [0.05, 0.1) is 5.60 Å².